The lowest BCUT2D eigenvalue weighted by Crippen LogP contribution is -2.14. The average Bonchev–Trinajstić information content (AvgIpc) is 3.16. The smallest absolute Gasteiger partial charge is 0.226 e. The fourth-order valence-corrected chi connectivity index (χ4v) is 3.16. The zero-order valence-corrected chi connectivity index (χ0v) is 15.5. The fraction of sp³-hybridized carbons (Fsp3) is 0.125. The molecule has 1 aromatic heterocycles. The molecule has 1 amide bonds. The molecule has 0 bridgehead atoms. The summed E-state index contributed by atoms with van der Waals surface area (Å²) in [6.45, 7) is 1.18. The fourth-order valence-electron chi connectivity index (χ4n) is 3.16. The van der Waals surface area contributed by atoms with E-state index in [1.807, 2.05) is 72.9 Å². The molecular weight excluding hydrogens is 348 g/mol. The molecule has 0 saturated carbocycles. The summed E-state index contributed by atoms with van der Waals surface area (Å²) >= 11 is 0. The second kappa shape index (κ2) is 8.44. The van der Waals surface area contributed by atoms with Gasteiger partial charge in [0.1, 0.15) is 12.4 Å². The molecule has 3 aromatic carbocycles. The van der Waals surface area contributed by atoms with Crippen molar-refractivity contribution in [1.82, 2.24) is 4.57 Å². The van der Waals surface area contributed by atoms with E-state index in [4.69, 9.17) is 4.74 Å². The lowest BCUT2D eigenvalue weighted by Gasteiger charge is -2.09. The van der Waals surface area contributed by atoms with Gasteiger partial charge in [0.15, 0.2) is 0 Å². The van der Waals surface area contributed by atoms with E-state index in [0.29, 0.717) is 19.6 Å². The van der Waals surface area contributed by atoms with Crippen LogP contribution in [0.2, 0.25) is 0 Å². The molecule has 4 aromatic rings. The molecule has 4 nitrogen and oxygen atoms in total. The van der Waals surface area contributed by atoms with Crippen LogP contribution in [-0.2, 0) is 17.9 Å². The molecule has 0 spiro atoms. The number of nitrogens with one attached hydrogen (secondary N) is 1. The van der Waals surface area contributed by atoms with Crippen molar-refractivity contribution in [2.75, 3.05) is 5.32 Å². The maximum Gasteiger partial charge on any atom is 0.226 e. The highest BCUT2D eigenvalue weighted by atomic mass is 16.5. The topological polar surface area (TPSA) is 43.3 Å². The van der Waals surface area contributed by atoms with Crippen LogP contribution >= 0.6 is 0 Å². The second-order valence-electron chi connectivity index (χ2n) is 6.66. The van der Waals surface area contributed by atoms with Crippen molar-refractivity contribution in [3.63, 3.8) is 0 Å². The van der Waals surface area contributed by atoms with Crippen LogP contribution in [0.4, 0.5) is 5.69 Å². The molecule has 0 atom stereocenters. The largest absolute Gasteiger partial charge is 0.489 e. The van der Waals surface area contributed by atoms with E-state index in [0.717, 1.165) is 22.5 Å². The van der Waals surface area contributed by atoms with Gasteiger partial charge < -0.3 is 14.6 Å². The van der Waals surface area contributed by atoms with Gasteiger partial charge in [0.2, 0.25) is 5.91 Å². The Morgan fingerprint density at radius 2 is 1.61 bits per heavy atom. The van der Waals surface area contributed by atoms with Gasteiger partial charge in [0, 0.05) is 30.4 Å². The Labute approximate surface area is 164 Å². The Bertz CT molecular complexity index is 1050. The van der Waals surface area contributed by atoms with Gasteiger partial charge in [-0.2, -0.15) is 0 Å². The Kier molecular flexibility index (Phi) is 5.38. The first kappa shape index (κ1) is 17.9. The van der Waals surface area contributed by atoms with Gasteiger partial charge >= 0.3 is 0 Å². The van der Waals surface area contributed by atoms with Crippen LogP contribution in [0, 0.1) is 0 Å². The monoisotopic (exact) mass is 370 g/mol. The lowest BCUT2D eigenvalue weighted by molar-refractivity contribution is -0.116. The molecule has 1 N–H and O–H groups in total. The molecule has 0 aliphatic carbocycles. The van der Waals surface area contributed by atoms with E-state index in [1.165, 1.54) is 5.39 Å². The van der Waals surface area contributed by atoms with Gasteiger partial charge in [-0.1, -0.05) is 48.5 Å². The van der Waals surface area contributed by atoms with Crippen molar-refractivity contribution in [3.05, 3.63) is 96.7 Å². The Morgan fingerprint density at radius 3 is 2.43 bits per heavy atom. The minimum atomic E-state index is -0.00395. The highest BCUT2D eigenvalue weighted by molar-refractivity contribution is 5.90. The van der Waals surface area contributed by atoms with Gasteiger partial charge in [0.25, 0.3) is 0 Å². The van der Waals surface area contributed by atoms with Gasteiger partial charge in [-0.25, -0.2) is 0 Å². The molecule has 0 aliphatic rings. The van der Waals surface area contributed by atoms with Gasteiger partial charge in [-0.3, -0.25) is 4.79 Å². The molecule has 0 aliphatic heterocycles. The van der Waals surface area contributed by atoms with Gasteiger partial charge in [-0.05, 0) is 47.3 Å². The number of para-hydroxylation sites is 1. The number of nitrogens with zero attached hydrogens (tertiary/aromatic N) is 1. The molecular formula is C24H22N2O2. The SMILES string of the molecule is O=C(CCn1ccc2ccccc21)Nc1ccc(OCc2ccccc2)cc1. The Hall–Kier alpha value is -3.53. The summed E-state index contributed by atoms with van der Waals surface area (Å²) in [4.78, 5) is 12.3. The van der Waals surface area contributed by atoms with Crippen molar-refractivity contribution >= 4 is 22.5 Å². The summed E-state index contributed by atoms with van der Waals surface area (Å²) in [6, 6.07) is 27.8. The number of carbonyl (C=O) groups is 1. The Balaban J connectivity index is 1.28. The second-order valence-corrected chi connectivity index (χ2v) is 6.66. The van der Waals surface area contributed by atoms with Gasteiger partial charge in [0.05, 0.1) is 0 Å². The number of hydrogen-bond donors (Lipinski definition) is 1. The van der Waals surface area contributed by atoms with Crippen LogP contribution in [0.1, 0.15) is 12.0 Å². The third-order valence-corrected chi connectivity index (χ3v) is 4.65. The molecule has 4 rings (SSSR count). The van der Waals surface area contributed by atoms with E-state index in [9.17, 15) is 4.79 Å². The first-order valence-electron chi connectivity index (χ1n) is 9.38. The third-order valence-electron chi connectivity index (χ3n) is 4.65. The average molecular weight is 370 g/mol. The predicted molar refractivity (Wildman–Crippen MR) is 112 cm³/mol. The normalized spacial score (nSPS) is 10.7. The van der Waals surface area contributed by atoms with Crippen LogP contribution in [-0.4, -0.2) is 10.5 Å². The minimum absolute atomic E-state index is 0.00395. The van der Waals surface area contributed by atoms with Crippen LogP contribution < -0.4 is 10.1 Å². The van der Waals surface area contributed by atoms with Crippen molar-refractivity contribution in [3.8, 4) is 5.75 Å². The number of hydrogen-bond acceptors (Lipinski definition) is 2. The van der Waals surface area contributed by atoms with E-state index < -0.39 is 0 Å². The van der Waals surface area contributed by atoms with Crippen molar-refractivity contribution in [2.45, 2.75) is 19.6 Å². The zero-order valence-electron chi connectivity index (χ0n) is 15.5. The molecule has 0 radical (unpaired) electrons. The summed E-state index contributed by atoms with van der Waals surface area (Å²) < 4.78 is 7.88. The number of carbonyl (C=O) groups excluding carboxylic acids is 1. The number of anilines is 1. The number of aryl methyl sites for hydroxylation is 1. The first-order valence-corrected chi connectivity index (χ1v) is 9.38. The summed E-state index contributed by atoms with van der Waals surface area (Å²) in [7, 11) is 0. The summed E-state index contributed by atoms with van der Waals surface area (Å²) in [5.41, 5.74) is 3.04. The highest BCUT2D eigenvalue weighted by Gasteiger charge is 2.05. The van der Waals surface area contributed by atoms with E-state index >= 15 is 0 Å². The molecule has 0 saturated heterocycles. The number of ether oxygens (including phenoxy) is 1. The van der Waals surface area contributed by atoms with Crippen LogP contribution in [0.15, 0.2) is 91.1 Å². The zero-order chi connectivity index (χ0) is 19.2. The van der Waals surface area contributed by atoms with E-state index in [-0.39, 0.29) is 5.91 Å². The van der Waals surface area contributed by atoms with Gasteiger partial charge in [-0.15, -0.1) is 0 Å². The summed E-state index contributed by atoms with van der Waals surface area (Å²) in [5, 5.41) is 4.13. The number of fused-ring (bicyclic) bond motifs is 1. The number of aromatic nitrogens is 1. The molecule has 140 valence electrons. The molecule has 0 unspecified atom stereocenters. The van der Waals surface area contributed by atoms with E-state index in [1.54, 1.807) is 0 Å². The molecule has 0 fully saturated rings. The third kappa shape index (κ3) is 4.41. The minimum Gasteiger partial charge on any atom is -0.489 e. The summed E-state index contributed by atoms with van der Waals surface area (Å²) in [5.74, 6) is 0.774. The number of rotatable bonds is 7. The maximum absolute atomic E-state index is 12.3. The highest BCUT2D eigenvalue weighted by Crippen LogP contribution is 2.18. The lowest BCUT2D eigenvalue weighted by atomic mass is 10.2. The van der Waals surface area contributed by atoms with Crippen molar-refractivity contribution < 1.29 is 9.53 Å². The number of amides is 1. The molecule has 1 heterocycles. The van der Waals surface area contributed by atoms with Crippen molar-refractivity contribution in [2.24, 2.45) is 0 Å². The molecule has 4 heteroatoms. The van der Waals surface area contributed by atoms with Crippen LogP contribution in [0.3, 0.4) is 0 Å². The first-order chi connectivity index (χ1) is 13.8. The number of benzene rings is 3. The van der Waals surface area contributed by atoms with Crippen molar-refractivity contribution in [1.29, 1.82) is 0 Å². The predicted octanol–water partition coefficient (Wildman–Crippen LogP) is 5.25. The van der Waals surface area contributed by atoms with Crippen LogP contribution in [0.25, 0.3) is 10.9 Å². The molecule has 28 heavy (non-hydrogen) atoms. The summed E-state index contributed by atoms with van der Waals surface area (Å²) in [6.07, 6.45) is 2.45. The van der Waals surface area contributed by atoms with Crippen LogP contribution in [0.5, 0.6) is 5.75 Å². The van der Waals surface area contributed by atoms with E-state index in [2.05, 4.69) is 28.1 Å². The maximum atomic E-state index is 12.3. The standard InChI is InChI=1S/C24H22N2O2/c27-24(15-17-26-16-14-20-8-4-5-9-23(20)26)25-21-10-12-22(13-11-21)28-18-19-6-2-1-3-7-19/h1-14,16H,15,17-18H2,(H,25,27). The Morgan fingerprint density at radius 1 is 0.857 bits per heavy atom. The quantitative estimate of drug-likeness (QED) is 0.483.